The smallest absolute Gasteiger partial charge is 0.266 e. The van der Waals surface area contributed by atoms with E-state index in [0.29, 0.717) is 4.47 Å². The van der Waals surface area contributed by atoms with Gasteiger partial charge in [-0.25, -0.2) is 8.42 Å². The van der Waals surface area contributed by atoms with Crippen LogP contribution in [0.25, 0.3) is 0 Å². The summed E-state index contributed by atoms with van der Waals surface area (Å²) in [5.74, 6) is 0.146. The molecule has 0 aliphatic heterocycles. The molecule has 19 heavy (non-hydrogen) atoms. The van der Waals surface area contributed by atoms with Crippen LogP contribution in [0.4, 0.5) is 0 Å². The molecule has 0 aromatic heterocycles. The second kappa shape index (κ2) is 7.41. The van der Waals surface area contributed by atoms with Crippen LogP contribution >= 0.6 is 27.5 Å². The fourth-order valence-corrected chi connectivity index (χ4v) is 3.44. The van der Waals surface area contributed by atoms with Gasteiger partial charge in [-0.05, 0) is 28.1 Å². The first-order chi connectivity index (χ1) is 8.92. The Hall–Kier alpha value is -0.380. The van der Waals surface area contributed by atoms with Crippen molar-refractivity contribution in [2.24, 2.45) is 0 Å². The van der Waals surface area contributed by atoms with E-state index in [9.17, 15) is 8.42 Å². The zero-order chi connectivity index (χ0) is 14.5. The number of hydrogen-bond donors (Lipinski definition) is 1. The van der Waals surface area contributed by atoms with Crippen molar-refractivity contribution in [1.29, 1.82) is 0 Å². The summed E-state index contributed by atoms with van der Waals surface area (Å²) < 4.78 is 34.3. The lowest BCUT2D eigenvalue weighted by Gasteiger charge is -2.12. The molecule has 0 bridgehead atoms. The van der Waals surface area contributed by atoms with Gasteiger partial charge < -0.3 is 9.47 Å². The molecule has 9 heteroatoms. The van der Waals surface area contributed by atoms with Crippen molar-refractivity contribution in [3.8, 4) is 5.75 Å². The highest BCUT2D eigenvalue weighted by Gasteiger charge is 2.22. The lowest BCUT2D eigenvalue weighted by atomic mass is 10.3. The molecule has 108 valence electrons. The predicted molar refractivity (Wildman–Crippen MR) is 73.9 cm³/mol. The molecule has 1 N–H and O–H groups in total. The minimum Gasteiger partial charge on any atom is -0.494 e. The van der Waals surface area contributed by atoms with Gasteiger partial charge in [0.15, 0.2) is 5.75 Å². The molecule has 0 heterocycles. The van der Waals surface area contributed by atoms with Gasteiger partial charge in [0, 0.05) is 12.1 Å². The predicted octanol–water partition coefficient (Wildman–Crippen LogP) is 1.97. The van der Waals surface area contributed by atoms with Crippen molar-refractivity contribution in [2.45, 2.75) is 4.90 Å². The van der Waals surface area contributed by atoms with Gasteiger partial charge in [0.1, 0.15) is 4.90 Å². The molecular weight excluding hydrogens is 362 g/mol. The average molecular weight is 375 g/mol. The molecule has 0 aliphatic carbocycles. The maximum absolute atomic E-state index is 12.0. The Kier molecular flexibility index (Phi) is 6.51. The molecule has 1 rings (SSSR count). The van der Waals surface area contributed by atoms with E-state index in [1.54, 1.807) is 0 Å². The molecule has 0 amide bonds. The zero-order valence-corrected chi connectivity index (χ0v) is 13.4. The van der Waals surface area contributed by atoms with Gasteiger partial charge in [-0.3, -0.25) is 4.84 Å². The maximum Gasteiger partial charge on any atom is 0.266 e. The third-order valence-electron chi connectivity index (χ3n) is 2.03. The Morgan fingerprint density at radius 3 is 2.58 bits per heavy atom. The number of rotatable bonds is 7. The minimum absolute atomic E-state index is 0.0831. The quantitative estimate of drug-likeness (QED) is 0.583. The largest absolute Gasteiger partial charge is 0.494 e. The summed E-state index contributed by atoms with van der Waals surface area (Å²) in [6.45, 7) is 0.346. The monoisotopic (exact) mass is 373 g/mol. The average Bonchev–Trinajstić information content (AvgIpc) is 2.34. The van der Waals surface area contributed by atoms with Crippen LogP contribution in [0.1, 0.15) is 0 Å². The number of halogens is 2. The molecule has 0 aliphatic rings. The van der Waals surface area contributed by atoms with Gasteiger partial charge in [0.2, 0.25) is 0 Å². The van der Waals surface area contributed by atoms with Crippen molar-refractivity contribution in [3.63, 3.8) is 0 Å². The molecule has 1 aromatic carbocycles. The summed E-state index contributed by atoms with van der Waals surface area (Å²) in [7, 11) is -1.05. The Labute approximate surface area is 125 Å². The normalized spacial score (nSPS) is 11.6. The van der Waals surface area contributed by atoms with Crippen LogP contribution in [0.2, 0.25) is 5.02 Å². The Morgan fingerprint density at radius 1 is 1.32 bits per heavy atom. The van der Waals surface area contributed by atoms with Gasteiger partial charge >= 0.3 is 0 Å². The van der Waals surface area contributed by atoms with E-state index >= 15 is 0 Å². The molecule has 0 unspecified atom stereocenters. The molecule has 0 spiro atoms. The summed E-state index contributed by atoms with van der Waals surface area (Å²) >= 11 is 9.01. The first-order valence-corrected chi connectivity index (χ1v) is 7.73. The summed E-state index contributed by atoms with van der Waals surface area (Å²) in [6, 6.07) is 2.80. The van der Waals surface area contributed by atoms with Gasteiger partial charge in [0.25, 0.3) is 10.0 Å². The zero-order valence-electron chi connectivity index (χ0n) is 10.3. The minimum atomic E-state index is -3.90. The standard InChI is InChI=1S/C10H13BrClNO5S/c1-16-3-4-18-13-19(14,15)9-6-7(12)5-8(11)10(9)17-2/h5-6,13H,3-4H2,1-2H3. The molecule has 0 fully saturated rings. The second-order valence-electron chi connectivity index (χ2n) is 3.35. The van der Waals surface area contributed by atoms with Crippen molar-refractivity contribution in [2.75, 3.05) is 27.4 Å². The summed E-state index contributed by atoms with van der Waals surface area (Å²) in [4.78, 5) is 6.65. The Bertz CT molecular complexity index is 537. The highest BCUT2D eigenvalue weighted by Crippen LogP contribution is 2.35. The number of ether oxygens (including phenoxy) is 2. The highest BCUT2D eigenvalue weighted by molar-refractivity contribution is 9.10. The van der Waals surface area contributed by atoms with Crippen molar-refractivity contribution >= 4 is 37.6 Å². The second-order valence-corrected chi connectivity index (χ2v) is 6.25. The van der Waals surface area contributed by atoms with E-state index in [1.807, 2.05) is 4.89 Å². The molecule has 1 aromatic rings. The number of benzene rings is 1. The van der Waals surface area contributed by atoms with E-state index in [-0.39, 0.29) is 28.9 Å². The van der Waals surface area contributed by atoms with Crippen molar-refractivity contribution in [3.05, 3.63) is 21.6 Å². The molecule has 0 saturated carbocycles. The van der Waals surface area contributed by atoms with Gasteiger partial charge in [-0.15, -0.1) is 0 Å². The van der Waals surface area contributed by atoms with Crippen LogP contribution in [0.5, 0.6) is 5.75 Å². The molecule has 0 atom stereocenters. The molecule has 0 radical (unpaired) electrons. The van der Waals surface area contributed by atoms with Crippen LogP contribution in [-0.4, -0.2) is 35.9 Å². The van der Waals surface area contributed by atoms with E-state index in [1.165, 1.54) is 26.4 Å². The van der Waals surface area contributed by atoms with Gasteiger partial charge in [-0.2, -0.15) is 0 Å². The summed E-state index contributed by atoms with van der Waals surface area (Å²) in [5.41, 5.74) is 0. The van der Waals surface area contributed by atoms with Crippen molar-refractivity contribution < 1.29 is 22.7 Å². The van der Waals surface area contributed by atoms with Crippen LogP contribution in [-0.2, 0) is 19.6 Å². The van der Waals surface area contributed by atoms with Crippen LogP contribution in [0.3, 0.4) is 0 Å². The van der Waals surface area contributed by atoms with E-state index in [4.69, 9.17) is 25.9 Å². The first kappa shape index (κ1) is 16.7. The molecule has 0 saturated heterocycles. The van der Waals surface area contributed by atoms with Crippen LogP contribution in [0, 0.1) is 0 Å². The Balaban J connectivity index is 3.00. The van der Waals surface area contributed by atoms with Crippen LogP contribution < -0.4 is 9.62 Å². The van der Waals surface area contributed by atoms with E-state index in [2.05, 4.69) is 15.9 Å². The first-order valence-electron chi connectivity index (χ1n) is 5.08. The Morgan fingerprint density at radius 2 is 2.00 bits per heavy atom. The number of nitrogens with one attached hydrogen (secondary N) is 1. The summed E-state index contributed by atoms with van der Waals surface area (Å²) in [5, 5.41) is 0.255. The van der Waals surface area contributed by atoms with Gasteiger partial charge in [0.05, 0.1) is 24.8 Å². The number of methoxy groups -OCH3 is 2. The lowest BCUT2D eigenvalue weighted by molar-refractivity contribution is 0.0438. The molecular formula is C10H13BrClNO5S. The van der Waals surface area contributed by atoms with Crippen LogP contribution in [0.15, 0.2) is 21.5 Å². The number of hydrogen-bond acceptors (Lipinski definition) is 5. The number of sulfonamides is 1. The fourth-order valence-electron chi connectivity index (χ4n) is 1.22. The fraction of sp³-hybridized carbons (Fsp3) is 0.400. The topological polar surface area (TPSA) is 73.9 Å². The molecule has 6 nitrogen and oxygen atoms in total. The van der Waals surface area contributed by atoms with Gasteiger partial charge in [-0.1, -0.05) is 16.5 Å². The van der Waals surface area contributed by atoms with Crippen molar-refractivity contribution in [1.82, 2.24) is 4.89 Å². The highest BCUT2D eigenvalue weighted by atomic mass is 79.9. The lowest BCUT2D eigenvalue weighted by Crippen LogP contribution is -2.26. The summed E-state index contributed by atoms with van der Waals surface area (Å²) in [6.07, 6.45) is 0. The van der Waals surface area contributed by atoms with E-state index in [0.717, 1.165) is 0 Å². The SMILES string of the molecule is COCCONS(=O)(=O)c1cc(Cl)cc(Br)c1OC. The third-order valence-corrected chi connectivity index (χ3v) is 4.05. The van der Waals surface area contributed by atoms with E-state index < -0.39 is 10.0 Å². The maximum atomic E-state index is 12.0. The third kappa shape index (κ3) is 4.59.